The van der Waals surface area contributed by atoms with Crippen LogP contribution in [-0.2, 0) is 33.6 Å². The van der Waals surface area contributed by atoms with Crippen LogP contribution in [0.5, 0.6) is 0 Å². The van der Waals surface area contributed by atoms with Crippen molar-refractivity contribution in [3.05, 3.63) is 0 Å². The predicted molar refractivity (Wildman–Crippen MR) is 149 cm³/mol. The number of rotatable bonds is 16. The minimum absolute atomic E-state index is 0.212. The lowest BCUT2D eigenvalue weighted by Crippen LogP contribution is -2.58. The Balaban J connectivity index is 1.85. The van der Waals surface area contributed by atoms with Gasteiger partial charge in [-0.1, -0.05) is 0 Å². The average Bonchev–Trinajstić information content (AvgIpc) is 3.67. The number of likely N-dealkylation sites (tertiary alicyclic amines) is 2. The van der Waals surface area contributed by atoms with Crippen LogP contribution in [0.15, 0.2) is 0 Å². The summed E-state index contributed by atoms with van der Waals surface area (Å²) in [4.78, 5) is 89.4. The van der Waals surface area contributed by atoms with E-state index in [1.807, 2.05) is 0 Å². The molecule has 0 spiro atoms. The van der Waals surface area contributed by atoms with E-state index in [0.717, 1.165) is 0 Å². The number of carbonyl (C=O) groups excluding carboxylic acids is 6. The molecule has 0 aliphatic carbocycles. The molecule has 17 nitrogen and oxygen atoms in total. The quantitative estimate of drug-likeness (QED) is 0.0773. The van der Waals surface area contributed by atoms with Crippen molar-refractivity contribution < 1.29 is 48.9 Å². The second-order valence-electron chi connectivity index (χ2n) is 10.5. The standard InChI is InChI=1S/C26H43N7O10/c1-15(25(41)33-11-5-7-19(33)26(42)43)29-20(36)12-28-22(38)16(13-34)30-23(39)17(14-35)31-24(40)18-6-4-10-32(18)21(37)8-2-3-9-27/h15-19,34-35H,2-14,27H2,1H3,(H,28,38)(H,29,36)(H,30,39)(H,31,40)(H,42,43)/t15-,16-,17-,18-,19-/m0/s1. The van der Waals surface area contributed by atoms with E-state index in [2.05, 4.69) is 21.3 Å². The number of hydrogen-bond donors (Lipinski definition) is 8. The van der Waals surface area contributed by atoms with Gasteiger partial charge in [0.15, 0.2) is 0 Å². The molecular formula is C26H43N7O10. The number of nitrogens with two attached hydrogens (primary N) is 1. The lowest BCUT2D eigenvalue weighted by Gasteiger charge is -2.26. The van der Waals surface area contributed by atoms with Gasteiger partial charge in [-0.15, -0.1) is 0 Å². The molecule has 0 aromatic carbocycles. The Labute approximate surface area is 248 Å². The fraction of sp³-hybridized carbons (Fsp3) is 0.731. The third-order valence-corrected chi connectivity index (χ3v) is 7.34. The first kappa shape index (κ1) is 35.4. The van der Waals surface area contributed by atoms with Crippen LogP contribution in [0.4, 0.5) is 0 Å². The molecule has 0 saturated carbocycles. The van der Waals surface area contributed by atoms with Crippen molar-refractivity contribution in [2.45, 2.75) is 82.1 Å². The number of aliphatic carboxylic acids is 1. The number of amides is 6. The Morgan fingerprint density at radius 1 is 0.837 bits per heavy atom. The van der Waals surface area contributed by atoms with Crippen LogP contribution in [0, 0.1) is 0 Å². The minimum atomic E-state index is -1.54. The normalized spacial score (nSPS) is 20.1. The molecule has 2 fully saturated rings. The van der Waals surface area contributed by atoms with Crippen LogP contribution in [0.2, 0.25) is 0 Å². The van der Waals surface area contributed by atoms with Crippen molar-refractivity contribution >= 4 is 41.4 Å². The molecule has 2 saturated heterocycles. The summed E-state index contributed by atoms with van der Waals surface area (Å²) in [7, 11) is 0. The number of carbonyl (C=O) groups is 7. The van der Waals surface area contributed by atoms with E-state index in [9.17, 15) is 48.9 Å². The molecule has 9 N–H and O–H groups in total. The van der Waals surface area contributed by atoms with Crippen molar-refractivity contribution in [1.29, 1.82) is 0 Å². The topological polar surface area (TPSA) is 261 Å². The predicted octanol–water partition coefficient (Wildman–Crippen LogP) is -4.24. The summed E-state index contributed by atoms with van der Waals surface area (Å²) in [6.07, 6.45) is 3.27. The second-order valence-corrected chi connectivity index (χ2v) is 10.5. The Morgan fingerprint density at radius 3 is 2.05 bits per heavy atom. The largest absolute Gasteiger partial charge is 0.480 e. The number of carboxylic acids is 1. The summed E-state index contributed by atoms with van der Waals surface area (Å²) in [5.41, 5.74) is 5.46. The number of hydrogen-bond acceptors (Lipinski definition) is 10. The van der Waals surface area contributed by atoms with E-state index in [0.29, 0.717) is 51.6 Å². The molecule has 2 heterocycles. The molecular weight excluding hydrogens is 570 g/mol. The summed E-state index contributed by atoms with van der Waals surface area (Å²) in [6, 6.07) is -5.89. The first-order valence-electron chi connectivity index (χ1n) is 14.4. The maximum Gasteiger partial charge on any atom is 0.326 e. The van der Waals surface area contributed by atoms with Gasteiger partial charge in [-0.05, 0) is 52.0 Å². The van der Waals surface area contributed by atoms with Crippen LogP contribution in [-0.4, -0.2) is 136 Å². The summed E-state index contributed by atoms with van der Waals surface area (Å²) < 4.78 is 0. The number of aliphatic hydroxyl groups is 2. The zero-order valence-corrected chi connectivity index (χ0v) is 24.3. The lowest BCUT2D eigenvalue weighted by atomic mass is 10.1. The first-order valence-corrected chi connectivity index (χ1v) is 14.4. The van der Waals surface area contributed by atoms with Crippen LogP contribution in [0.1, 0.15) is 51.9 Å². The maximum atomic E-state index is 12.9. The van der Waals surface area contributed by atoms with Gasteiger partial charge in [0.05, 0.1) is 19.8 Å². The van der Waals surface area contributed by atoms with Gasteiger partial charge in [-0.2, -0.15) is 0 Å². The van der Waals surface area contributed by atoms with Gasteiger partial charge in [0.2, 0.25) is 35.4 Å². The molecule has 242 valence electrons. The average molecular weight is 614 g/mol. The molecule has 0 aromatic rings. The Morgan fingerprint density at radius 2 is 1.44 bits per heavy atom. The van der Waals surface area contributed by atoms with Gasteiger partial charge in [0, 0.05) is 19.5 Å². The Bertz CT molecular complexity index is 1040. The van der Waals surface area contributed by atoms with E-state index in [-0.39, 0.29) is 18.9 Å². The number of nitrogens with zero attached hydrogens (tertiary/aromatic N) is 2. The van der Waals surface area contributed by atoms with Crippen LogP contribution < -0.4 is 27.0 Å². The molecule has 0 unspecified atom stereocenters. The van der Waals surface area contributed by atoms with E-state index in [1.165, 1.54) is 16.7 Å². The third-order valence-electron chi connectivity index (χ3n) is 7.34. The lowest BCUT2D eigenvalue weighted by molar-refractivity contribution is -0.149. The number of unbranched alkanes of at least 4 members (excludes halogenated alkanes) is 1. The zero-order chi connectivity index (χ0) is 32.1. The van der Waals surface area contributed by atoms with Crippen LogP contribution in [0.3, 0.4) is 0 Å². The second kappa shape index (κ2) is 17.3. The molecule has 17 heteroatoms. The van der Waals surface area contributed by atoms with Gasteiger partial charge in [-0.25, -0.2) is 4.79 Å². The maximum absolute atomic E-state index is 12.9. The van der Waals surface area contributed by atoms with Crippen molar-refractivity contribution in [3.8, 4) is 0 Å². The summed E-state index contributed by atoms with van der Waals surface area (Å²) in [5.74, 6) is -5.29. The number of aliphatic hydroxyl groups excluding tert-OH is 2. The molecule has 2 aliphatic rings. The van der Waals surface area contributed by atoms with Gasteiger partial charge >= 0.3 is 5.97 Å². The van der Waals surface area contributed by atoms with Gasteiger partial charge in [0.25, 0.3) is 0 Å². The van der Waals surface area contributed by atoms with E-state index in [1.54, 1.807) is 0 Å². The molecule has 0 bridgehead atoms. The van der Waals surface area contributed by atoms with Gasteiger partial charge < -0.3 is 52.1 Å². The van der Waals surface area contributed by atoms with Crippen molar-refractivity contribution in [3.63, 3.8) is 0 Å². The highest BCUT2D eigenvalue weighted by atomic mass is 16.4. The van der Waals surface area contributed by atoms with Crippen molar-refractivity contribution in [2.24, 2.45) is 5.73 Å². The zero-order valence-electron chi connectivity index (χ0n) is 24.3. The molecule has 43 heavy (non-hydrogen) atoms. The fourth-order valence-electron chi connectivity index (χ4n) is 5.01. The molecule has 0 radical (unpaired) electrons. The molecule has 5 atom stereocenters. The highest BCUT2D eigenvalue weighted by molar-refractivity contribution is 5.96. The molecule has 6 amide bonds. The number of carboxylic acid groups (broad SMARTS) is 1. The van der Waals surface area contributed by atoms with Crippen LogP contribution >= 0.6 is 0 Å². The monoisotopic (exact) mass is 613 g/mol. The highest BCUT2D eigenvalue weighted by Crippen LogP contribution is 2.20. The van der Waals surface area contributed by atoms with Crippen molar-refractivity contribution in [1.82, 2.24) is 31.1 Å². The number of nitrogens with one attached hydrogen (secondary N) is 4. The minimum Gasteiger partial charge on any atom is -0.480 e. The SMILES string of the molecule is C[C@H](NC(=O)CNC(=O)[C@H](CO)NC(=O)[C@H](CO)NC(=O)[C@@H]1CCCN1C(=O)CCCCN)C(=O)N1CCC[C@H]1C(=O)O. The summed E-state index contributed by atoms with van der Waals surface area (Å²) in [5, 5.41) is 37.8. The van der Waals surface area contributed by atoms with E-state index in [4.69, 9.17) is 5.73 Å². The van der Waals surface area contributed by atoms with E-state index < -0.39 is 85.5 Å². The smallest absolute Gasteiger partial charge is 0.326 e. The van der Waals surface area contributed by atoms with E-state index >= 15 is 0 Å². The van der Waals surface area contributed by atoms with Gasteiger partial charge in [-0.3, -0.25) is 28.8 Å². The third kappa shape index (κ3) is 10.1. The fourth-order valence-corrected chi connectivity index (χ4v) is 5.01. The Hall–Kier alpha value is -3.83. The molecule has 2 aliphatic heterocycles. The molecule has 2 rings (SSSR count). The molecule has 0 aromatic heterocycles. The summed E-state index contributed by atoms with van der Waals surface area (Å²) >= 11 is 0. The van der Waals surface area contributed by atoms with Crippen LogP contribution in [0.25, 0.3) is 0 Å². The highest BCUT2D eigenvalue weighted by Gasteiger charge is 2.37. The first-order chi connectivity index (χ1) is 20.4. The Kier molecular flexibility index (Phi) is 14.3. The van der Waals surface area contributed by atoms with Gasteiger partial charge in [0.1, 0.15) is 30.2 Å². The summed E-state index contributed by atoms with van der Waals surface area (Å²) in [6.45, 7) is 0.113. The van der Waals surface area contributed by atoms with Crippen molar-refractivity contribution in [2.75, 3.05) is 39.4 Å².